The van der Waals surface area contributed by atoms with E-state index in [2.05, 4.69) is 10.2 Å². The van der Waals surface area contributed by atoms with Crippen LogP contribution >= 0.6 is 0 Å². The van der Waals surface area contributed by atoms with E-state index in [9.17, 15) is 9.59 Å². The van der Waals surface area contributed by atoms with Gasteiger partial charge in [0.2, 0.25) is 11.5 Å². The normalized spacial score (nSPS) is 15.1. The molecule has 0 aliphatic carbocycles. The number of morpholine rings is 1. The second-order valence-electron chi connectivity index (χ2n) is 7.22. The van der Waals surface area contributed by atoms with Crippen molar-refractivity contribution in [1.29, 1.82) is 0 Å². The highest BCUT2D eigenvalue weighted by atomic mass is 16.5. The number of ether oxygens (including phenoxy) is 1. The topological polar surface area (TPSA) is 106 Å². The summed E-state index contributed by atoms with van der Waals surface area (Å²) in [4.78, 5) is 32.6. The zero-order valence-corrected chi connectivity index (χ0v) is 16.6. The predicted molar refractivity (Wildman–Crippen MR) is 109 cm³/mol. The monoisotopic (exact) mass is 397 g/mol. The summed E-state index contributed by atoms with van der Waals surface area (Å²) in [6.45, 7) is 6.22. The first-order valence-corrected chi connectivity index (χ1v) is 9.67. The third kappa shape index (κ3) is 3.54. The van der Waals surface area contributed by atoms with Gasteiger partial charge < -0.3 is 15.8 Å². The fraction of sp³-hybridized carbons (Fsp3) is 0.400. The molecule has 4 rings (SSSR count). The van der Waals surface area contributed by atoms with Crippen LogP contribution in [0.15, 0.2) is 29.2 Å². The van der Waals surface area contributed by atoms with Crippen LogP contribution in [0.2, 0.25) is 0 Å². The Bertz CT molecular complexity index is 1150. The summed E-state index contributed by atoms with van der Waals surface area (Å²) in [6.07, 6.45) is 1.75. The molecule has 0 bridgehead atoms. The van der Waals surface area contributed by atoms with Crippen molar-refractivity contribution >= 4 is 28.4 Å². The summed E-state index contributed by atoms with van der Waals surface area (Å²) >= 11 is 0. The van der Waals surface area contributed by atoms with Gasteiger partial charge in [-0.3, -0.25) is 18.9 Å². The molecule has 1 amide bonds. The van der Waals surface area contributed by atoms with Gasteiger partial charge in [0, 0.05) is 32.9 Å². The maximum absolute atomic E-state index is 13.2. The molecule has 0 unspecified atom stereocenters. The van der Waals surface area contributed by atoms with Gasteiger partial charge in [-0.1, -0.05) is 11.1 Å². The molecule has 0 spiro atoms. The highest BCUT2D eigenvalue weighted by Crippen LogP contribution is 2.15. The molecule has 3 N–H and O–H groups in total. The standard InChI is InChI=1S/C20H24N6O3/c1-13-3-4-16-23-18-15(20(28)26(16)12-13)11-14(19(27)22-2)17(21)25(18)6-5-24-7-9-29-10-8-24/h3-4,11-12,21H,5-10H2,1-2H3,(H,22,27)/p+1. The molecule has 3 aromatic rings. The van der Waals surface area contributed by atoms with Gasteiger partial charge in [0.15, 0.2) is 0 Å². The average molecular weight is 397 g/mol. The number of fused-ring (bicyclic) bond motifs is 2. The number of anilines is 1. The maximum Gasteiger partial charge on any atom is 0.278 e. The van der Waals surface area contributed by atoms with Crippen LogP contribution in [0.25, 0.3) is 16.7 Å². The zero-order chi connectivity index (χ0) is 20.5. The van der Waals surface area contributed by atoms with E-state index in [1.807, 2.05) is 19.1 Å². The summed E-state index contributed by atoms with van der Waals surface area (Å²) in [6, 6.07) is 5.26. The molecule has 1 fully saturated rings. The van der Waals surface area contributed by atoms with Crippen LogP contribution < -0.4 is 21.2 Å². The Kier molecular flexibility index (Phi) is 5.16. The summed E-state index contributed by atoms with van der Waals surface area (Å²) in [5, 5.41) is 2.96. The number of nitrogen functional groups attached to an aromatic ring is 1. The van der Waals surface area contributed by atoms with E-state index in [0.29, 0.717) is 42.3 Å². The molecule has 0 aromatic carbocycles. The van der Waals surface area contributed by atoms with Crippen LogP contribution in [0.1, 0.15) is 15.9 Å². The zero-order valence-electron chi connectivity index (χ0n) is 16.6. The van der Waals surface area contributed by atoms with Gasteiger partial charge in [-0.2, -0.15) is 0 Å². The van der Waals surface area contributed by atoms with Gasteiger partial charge in [0.05, 0.1) is 19.8 Å². The Hall–Kier alpha value is -3.04. The second kappa shape index (κ2) is 7.76. The minimum absolute atomic E-state index is 0.223. The Morgan fingerprint density at radius 3 is 2.83 bits per heavy atom. The van der Waals surface area contributed by atoms with E-state index in [1.165, 1.54) is 4.40 Å². The third-order valence-electron chi connectivity index (χ3n) is 5.31. The Morgan fingerprint density at radius 2 is 2.10 bits per heavy atom. The van der Waals surface area contributed by atoms with Crippen LogP contribution in [0.5, 0.6) is 0 Å². The molecule has 9 nitrogen and oxygen atoms in total. The minimum atomic E-state index is -0.335. The number of amides is 1. The number of nitrogens with zero attached hydrogens (tertiary/aromatic N) is 4. The summed E-state index contributed by atoms with van der Waals surface area (Å²) < 4.78 is 8.68. The van der Waals surface area contributed by atoms with Crippen LogP contribution in [0.3, 0.4) is 0 Å². The van der Waals surface area contributed by atoms with E-state index < -0.39 is 0 Å². The van der Waals surface area contributed by atoms with E-state index >= 15 is 0 Å². The van der Waals surface area contributed by atoms with Crippen LogP contribution in [0.4, 0.5) is 5.82 Å². The van der Waals surface area contributed by atoms with Gasteiger partial charge in [-0.05, 0) is 24.6 Å². The number of carbonyl (C=O) groups is 1. The van der Waals surface area contributed by atoms with Crippen molar-refractivity contribution in [3.8, 4) is 0 Å². The van der Waals surface area contributed by atoms with E-state index in [1.54, 1.807) is 23.9 Å². The van der Waals surface area contributed by atoms with E-state index in [4.69, 9.17) is 15.5 Å². The first-order valence-electron chi connectivity index (χ1n) is 9.67. The quantitative estimate of drug-likeness (QED) is 0.463. The number of nitrogens with one attached hydrogen (secondary N) is 1. The molecule has 0 saturated carbocycles. The van der Waals surface area contributed by atoms with Crippen molar-refractivity contribution in [1.82, 2.24) is 19.6 Å². The summed E-state index contributed by atoms with van der Waals surface area (Å²) in [7, 11) is 1.54. The fourth-order valence-electron chi connectivity index (χ4n) is 3.67. The molecule has 29 heavy (non-hydrogen) atoms. The Balaban J connectivity index is 1.91. The minimum Gasteiger partial charge on any atom is -0.379 e. The highest BCUT2D eigenvalue weighted by Gasteiger charge is 2.24. The lowest BCUT2D eigenvalue weighted by atomic mass is 10.1. The Morgan fingerprint density at radius 1 is 1.34 bits per heavy atom. The lowest BCUT2D eigenvalue weighted by molar-refractivity contribution is -0.658. The van der Waals surface area contributed by atoms with Crippen molar-refractivity contribution < 1.29 is 14.1 Å². The van der Waals surface area contributed by atoms with Crippen LogP contribution in [-0.2, 0) is 11.3 Å². The van der Waals surface area contributed by atoms with Crippen molar-refractivity contribution in [2.45, 2.75) is 13.5 Å². The van der Waals surface area contributed by atoms with E-state index in [0.717, 1.165) is 25.2 Å². The molecule has 1 aliphatic heterocycles. The van der Waals surface area contributed by atoms with Crippen LogP contribution in [-0.4, -0.2) is 60.1 Å². The first kappa shape index (κ1) is 19.3. The second-order valence-corrected chi connectivity index (χ2v) is 7.22. The molecule has 3 aromatic heterocycles. The summed E-state index contributed by atoms with van der Waals surface area (Å²) in [5.41, 5.74) is 8.39. The van der Waals surface area contributed by atoms with E-state index in [-0.39, 0.29) is 17.0 Å². The number of rotatable bonds is 4. The van der Waals surface area contributed by atoms with Crippen molar-refractivity contribution in [3.05, 3.63) is 45.9 Å². The van der Waals surface area contributed by atoms with Gasteiger partial charge in [-0.15, -0.1) is 0 Å². The number of hydrogen-bond acceptors (Lipinski definition) is 6. The smallest absolute Gasteiger partial charge is 0.278 e. The predicted octanol–water partition coefficient (Wildman–Crippen LogP) is -0.282. The maximum atomic E-state index is 13.2. The molecule has 152 valence electrons. The van der Waals surface area contributed by atoms with Crippen molar-refractivity contribution in [2.75, 3.05) is 45.6 Å². The highest BCUT2D eigenvalue weighted by molar-refractivity contribution is 6.00. The molecule has 1 saturated heterocycles. The number of hydrogen-bond donors (Lipinski definition) is 2. The SMILES string of the molecule is CNC(=O)c1cc2c(=O)n3cc(C)ccc3nc2[n+](CCN2CCOCC2)c1N. The average Bonchev–Trinajstić information content (AvgIpc) is 2.74. The molecule has 0 radical (unpaired) electrons. The van der Waals surface area contributed by atoms with Crippen molar-refractivity contribution in [3.63, 3.8) is 0 Å². The van der Waals surface area contributed by atoms with Crippen LogP contribution in [0, 0.1) is 6.92 Å². The summed E-state index contributed by atoms with van der Waals surface area (Å²) in [5.74, 6) is -0.0354. The molecule has 0 atom stereocenters. The lowest BCUT2D eigenvalue weighted by Gasteiger charge is -2.26. The van der Waals surface area contributed by atoms with Gasteiger partial charge in [0.1, 0.15) is 10.9 Å². The number of nitrogens with two attached hydrogens (primary N) is 1. The number of aromatic nitrogens is 3. The number of carbonyl (C=O) groups excluding carboxylic acids is 1. The first-order chi connectivity index (χ1) is 14.0. The molecular formula is C20H25N6O3+. The van der Waals surface area contributed by atoms with Gasteiger partial charge in [-0.25, -0.2) is 4.57 Å². The molecular weight excluding hydrogens is 372 g/mol. The Labute approximate surface area is 167 Å². The molecule has 4 heterocycles. The largest absolute Gasteiger partial charge is 0.379 e. The van der Waals surface area contributed by atoms with Gasteiger partial charge >= 0.3 is 0 Å². The number of pyridine rings is 2. The third-order valence-corrected chi connectivity index (χ3v) is 5.31. The lowest BCUT2D eigenvalue weighted by Crippen LogP contribution is -2.48. The molecule has 1 aliphatic rings. The molecule has 9 heteroatoms. The van der Waals surface area contributed by atoms with Gasteiger partial charge in [0.25, 0.3) is 17.1 Å². The number of aryl methyl sites for hydroxylation is 1. The fourth-order valence-corrected chi connectivity index (χ4v) is 3.67. The van der Waals surface area contributed by atoms with Crippen molar-refractivity contribution in [2.24, 2.45) is 0 Å².